The van der Waals surface area contributed by atoms with E-state index in [1.807, 2.05) is 0 Å². The fraction of sp³-hybridized carbons (Fsp3) is 0.455. The molecule has 1 saturated carbocycles. The largest absolute Gasteiger partial charge is 0.465 e. The van der Waals surface area contributed by atoms with Crippen molar-refractivity contribution in [2.45, 2.75) is 18.9 Å². The minimum Gasteiger partial charge on any atom is -0.465 e. The Labute approximate surface area is 101 Å². The molecular formula is C11H15ClN2O2. The molecule has 1 aromatic rings. The summed E-state index contributed by atoms with van der Waals surface area (Å²) in [5, 5.41) is 0. The summed E-state index contributed by atoms with van der Waals surface area (Å²) < 4.78 is 4.59. The second-order valence-corrected chi connectivity index (χ2v) is 3.83. The lowest BCUT2D eigenvalue weighted by Gasteiger charge is -2.09. The number of hydrogen-bond acceptors (Lipinski definition) is 4. The highest BCUT2D eigenvalue weighted by atomic mass is 35.5. The molecule has 0 spiro atoms. The number of rotatable bonds is 3. The molecule has 0 saturated heterocycles. The maximum absolute atomic E-state index is 11.1. The van der Waals surface area contributed by atoms with Gasteiger partial charge in [0.05, 0.1) is 18.4 Å². The van der Waals surface area contributed by atoms with Crippen molar-refractivity contribution >= 4 is 18.4 Å². The predicted molar refractivity (Wildman–Crippen MR) is 62.5 cm³/mol. The molecule has 1 atom stereocenters. The zero-order valence-electron chi connectivity index (χ0n) is 9.05. The topological polar surface area (TPSA) is 65.2 Å². The summed E-state index contributed by atoms with van der Waals surface area (Å²) in [6.07, 6.45) is 3.88. The number of ether oxygens (including phenoxy) is 1. The van der Waals surface area contributed by atoms with Crippen LogP contribution in [0.15, 0.2) is 18.3 Å². The number of carbonyl (C=O) groups excluding carboxylic acids is 1. The zero-order chi connectivity index (χ0) is 10.8. The highest BCUT2D eigenvalue weighted by molar-refractivity contribution is 5.88. The molecule has 0 bridgehead atoms. The molecule has 16 heavy (non-hydrogen) atoms. The van der Waals surface area contributed by atoms with Gasteiger partial charge < -0.3 is 10.5 Å². The Balaban J connectivity index is 0.00000128. The van der Waals surface area contributed by atoms with Gasteiger partial charge in [-0.05, 0) is 30.9 Å². The highest BCUT2D eigenvalue weighted by Crippen LogP contribution is 2.38. The molecule has 88 valence electrons. The summed E-state index contributed by atoms with van der Waals surface area (Å²) in [5.41, 5.74) is 7.29. The van der Waals surface area contributed by atoms with Crippen LogP contribution >= 0.6 is 12.4 Å². The Morgan fingerprint density at radius 1 is 1.56 bits per heavy atom. The fourth-order valence-electron chi connectivity index (χ4n) is 1.54. The number of nitrogens with two attached hydrogens (primary N) is 1. The molecule has 2 rings (SSSR count). The first-order valence-corrected chi connectivity index (χ1v) is 5.02. The van der Waals surface area contributed by atoms with Crippen molar-refractivity contribution < 1.29 is 9.53 Å². The van der Waals surface area contributed by atoms with Crippen LogP contribution in [0.1, 0.15) is 34.9 Å². The second-order valence-electron chi connectivity index (χ2n) is 3.83. The van der Waals surface area contributed by atoms with E-state index in [4.69, 9.17) is 5.73 Å². The van der Waals surface area contributed by atoms with E-state index >= 15 is 0 Å². The van der Waals surface area contributed by atoms with Crippen molar-refractivity contribution in [3.63, 3.8) is 0 Å². The molecule has 0 aromatic carbocycles. The van der Waals surface area contributed by atoms with Crippen LogP contribution in [0.4, 0.5) is 0 Å². The Morgan fingerprint density at radius 2 is 2.25 bits per heavy atom. The third-order valence-electron chi connectivity index (χ3n) is 2.68. The van der Waals surface area contributed by atoms with Crippen LogP contribution in [0.25, 0.3) is 0 Å². The van der Waals surface area contributed by atoms with Crippen LogP contribution in [0.2, 0.25) is 0 Å². The predicted octanol–water partition coefficient (Wildman–Crippen LogP) is 1.70. The number of hydrogen-bond donors (Lipinski definition) is 1. The van der Waals surface area contributed by atoms with Crippen molar-refractivity contribution in [2.24, 2.45) is 11.7 Å². The van der Waals surface area contributed by atoms with Gasteiger partial charge in [0, 0.05) is 12.2 Å². The van der Waals surface area contributed by atoms with Gasteiger partial charge in [0.1, 0.15) is 0 Å². The number of halogens is 1. The Hall–Kier alpha value is -1.13. The quantitative estimate of drug-likeness (QED) is 0.820. The molecule has 0 amide bonds. The number of pyridine rings is 1. The molecule has 4 nitrogen and oxygen atoms in total. The Kier molecular flexibility index (Phi) is 4.26. The van der Waals surface area contributed by atoms with Gasteiger partial charge in [-0.25, -0.2) is 4.79 Å². The number of esters is 1. The van der Waals surface area contributed by atoms with E-state index < -0.39 is 0 Å². The van der Waals surface area contributed by atoms with E-state index in [1.54, 1.807) is 12.1 Å². The standard InChI is InChI=1S/C11H14N2O2.ClH/c1-15-11(14)8-4-5-9(13-6-8)10(12)7-2-3-7;/h4-7,10H,2-3,12H2,1H3;1H/t10-;/m1./s1. The highest BCUT2D eigenvalue weighted by Gasteiger charge is 2.30. The van der Waals surface area contributed by atoms with E-state index in [0.717, 1.165) is 5.69 Å². The Bertz CT molecular complexity index is 363. The molecule has 5 heteroatoms. The van der Waals surface area contributed by atoms with Crippen molar-refractivity contribution in [1.29, 1.82) is 0 Å². The van der Waals surface area contributed by atoms with Crippen molar-refractivity contribution in [1.82, 2.24) is 4.98 Å². The number of aromatic nitrogens is 1. The normalized spacial score (nSPS) is 16.1. The summed E-state index contributed by atoms with van der Waals surface area (Å²) in [6.45, 7) is 0. The van der Waals surface area contributed by atoms with Crippen LogP contribution in [0.5, 0.6) is 0 Å². The average molecular weight is 243 g/mol. The third kappa shape index (κ3) is 2.71. The van der Waals surface area contributed by atoms with Crippen molar-refractivity contribution in [3.8, 4) is 0 Å². The van der Waals surface area contributed by atoms with Gasteiger partial charge in [0.15, 0.2) is 0 Å². The van der Waals surface area contributed by atoms with Gasteiger partial charge in [-0.3, -0.25) is 4.98 Å². The van der Waals surface area contributed by atoms with Crippen molar-refractivity contribution in [2.75, 3.05) is 7.11 Å². The summed E-state index contributed by atoms with van der Waals surface area (Å²) >= 11 is 0. The maximum atomic E-state index is 11.1. The summed E-state index contributed by atoms with van der Waals surface area (Å²) in [5.74, 6) is 0.204. The monoisotopic (exact) mass is 242 g/mol. The van der Waals surface area contributed by atoms with E-state index in [0.29, 0.717) is 11.5 Å². The lowest BCUT2D eigenvalue weighted by molar-refractivity contribution is 0.0600. The lowest BCUT2D eigenvalue weighted by atomic mass is 10.1. The molecular weight excluding hydrogens is 228 g/mol. The molecule has 0 aliphatic heterocycles. The van der Waals surface area contributed by atoms with Gasteiger partial charge in [0.25, 0.3) is 0 Å². The number of nitrogens with zero attached hydrogens (tertiary/aromatic N) is 1. The van der Waals surface area contributed by atoms with Crippen LogP contribution in [0, 0.1) is 5.92 Å². The van der Waals surface area contributed by atoms with Crippen LogP contribution in [-0.2, 0) is 4.74 Å². The van der Waals surface area contributed by atoms with E-state index in [-0.39, 0.29) is 24.4 Å². The summed E-state index contributed by atoms with van der Waals surface area (Å²) in [6, 6.07) is 3.52. The van der Waals surface area contributed by atoms with E-state index in [1.165, 1.54) is 26.1 Å². The first kappa shape index (κ1) is 12.9. The minimum absolute atomic E-state index is 0. The van der Waals surface area contributed by atoms with Gasteiger partial charge in [-0.1, -0.05) is 0 Å². The number of methoxy groups -OCH3 is 1. The molecule has 1 aliphatic carbocycles. The first-order valence-electron chi connectivity index (χ1n) is 5.02. The number of carbonyl (C=O) groups is 1. The third-order valence-corrected chi connectivity index (χ3v) is 2.68. The van der Waals surface area contributed by atoms with Crippen LogP contribution in [0.3, 0.4) is 0 Å². The summed E-state index contributed by atoms with van der Waals surface area (Å²) in [7, 11) is 1.35. The fourth-order valence-corrected chi connectivity index (χ4v) is 1.54. The zero-order valence-corrected chi connectivity index (χ0v) is 9.87. The average Bonchev–Trinajstić information content (AvgIpc) is 3.11. The van der Waals surface area contributed by atoms with Crippen LogP contribution < -0.4 is 5.73 Å². The molecule has 1 fully saturated rings. The molecule has 0 unspecified atom stereocenters. The van der Waals surface area contributed by atoms with Crippen LogP contribution in [-0.4, -0.2) is 18.1 Å². The van der Waals surface area contributed by atoms with E-state index in [2.05, 4.69) is 9.72 Å². The molecule has 1 aromatic heterocycles. The maximum Gasteiger partial charge on any atom is 0.339 e. The molecule has 1 heterocycles. The van der Waals surface area contributed by atoms with Gasteiger partial charge in [-0.2, -0.15) is 0 Å². The lowest BCUT2D eigenvalue weighted by Crippen LogP contribution is -2.14. The van der Waals surface area contributed by atoms with Gasteiger partial charge in [0.2, 0.25) is 0 Å². The van der Waals surface area contributed by atoms with E-state index in [9.17, 15) is 4.79 Å². The smallest absolute Gasteiger partial charge is 0.339 e. The second kappa shape index (κ2) is 5.27. The SMILES string of the molecule is COC(=O)c1ccc([C@H](N)C2CC2)nc1.Cl. The van der Waals surface area contributed by atoms with Crippen molar-refractivity contribution in [3.05, 3.63) is 29.6 Å². The van der Waals surface area contributed by atoms with Gasteiger partial charge in [-0.15, -0.1) is 12.4 Å². The van der Waals surface area contributed by atoms with Gasteiger partial charge >= 0.3 is 5.97 Å². The molecule has 0 radical (unpaired) electrons. The minimum atomic E-state index is -0.367. The molecule has 1 aliphatic rings. The first-order chi connectivity index (χ1) is 7.22. The molecule has 2 N–H and O–H groups in total. The Morgan fingerprint density at radius 3 is 2.69 bits per heavy atom. The summed E-state index contributed by atoms with van der Waals surface area (Å²) in [4.78, 5) is 15.3.